The molecule has 0 unspecified atom stereocenters. The molecule has 9 heteroatoms. The number of hydrogen-bond acceptors (Lipinski definition) is 5. The Bertz CT molecular complexity index is 591. The Morgan fingerprint density at radius 1 is 1.05 bits per heavy atom. The molecule has 0 fully saturated rings. The van der Waals surface area contributed by atoms with E-state index in [0.717, 1.165) is 17.8 Å². The lowest BCUT2D eigenvalue weighted by molar-refractivity contribution is 0.396. The van der Waals surface area contributed by atoms with Crippen molar-refractivity contribution in [3.63, 3.8) is 0 Å². The van der Waals surface area contributed by atoms with Crippen LogP contribution >= 0.6 is 11.6 Å². The molecular formula is C11H16ClN3S5. The molecule has 3 nitrogen and oxygen atoms in total. The molecule has 112 valence electrons. The zero-order valence-corrected chi connectivity index (χ0v) is 16.4. The second-order valence-corrected chi connectivity index (χ2v) is 11.4. The lowest BCUT2D eigenvalue weighted by Crippen LogP contribution is -2.18. The molecule has 0 amide bonds. The number of hydrogen-bond donors (Lipinski definition) is 1. The van der Waals surface area contributed by atoms with Crippen LogP contribution in [0.4, 0.5) is 5.82 Å². The van der Waals surface area contributed by atoms with Crippen LogP contribution < -0.4 is 5.73 Å². The van der Waals surface area contributed by atoms with E-state index in [0.29, 0.717) is 11.0 Å². The molecule has 0 aliphatic heterocycles. The Hall–Kier alpha value is 0.270. The maximum Gasteiger partial charge on any atom is 0.171 e. The van der Waals surface area contributed by atoms with E-state index >= 15 is 0 Å². The van der Waals surface area contributed by atoms with Gasteiger partial charge in [0.1, 0.15) is 0 Å². The summed E-state index contributed by atoms with van der Waals surface area (Å²) in [5.41, 5.74) is 7.75. The van der Waals surface area contributed by atoms with Gasteiger partial charge in [-0.2, -0.15) is 0 Å². The molecule has 0 radical (unpaired) electrons. The molecule has 1 heterocycles. The van der Waals surface area contributed by atoms with Gasteiger partial charge in [0.25, 0.3) is 0 Å². The van der Waals surface area contributed by atoms with Crippen LogP contribution in [0.2, 0.25) is 5.15 Å². The van der Waals surface area contributed by atoms with Crippen LogP contribution in [0.3, 0.4) is 0 Å². The lowest BCUT2D eigenvalue weighted by Gasteiger charge is -2.21. The van der Waals surface area contributed by atoms with Crippen LogP contribution in [-0.4, -0.2) is 9.97 Å². The smallest absolute Gasteiger partial charge is 0.171 e. The van der Waals surface area contributed by atoms with E-state index in [2.05, 4.69) is 60.0 Å². The number of rotatable bonds is 0. The Labute approximate surface area is 143 Å². The largest absolute Gasteiger partial charge is 0.381 e. The molecule has 0 bridgehead atoms. The third-order valence-corrected chi connectivity index (χ3v) is 7.82. The highest BCUT2D eigenvalue weighted by atomic mass is 35.5. The Morgan fingerprint density at radius 3 is 1.90 bits per heavy atom. The molecule has 0 saturated carbocycles. The molecule has 0 saturated heterocycles. The van der Waals surface area contributed by atoms with Crippen LogP contribution in [0, 0.1) is 0 Å². The molecule has 0 atom stereocenters. The third-order valence-electron chi connectivity index (χ3n) is 3.10. The highest BCUT2D eigenvalue weighted by Gasteiger charge is 2.45. The first-order chi connectivity index (χ1) is 9.15. The first-order valence-electron chi connectivity index (χ1n) is 5.75. The van der Waals surface area contributed by atoms with Gasteiger partial charge >= 0.3 is 0 Å². The first kappa shape index (κ1) is 18.3. The number of nitrogens with two attached hydrogens (primary N) is 1. The van der Waals surface area contributed by atoms with Crippen molar-refractivity contribution in [1.29, 1.82) is 0 Å². The van der Waals surface area contributed by atoms with Crippen LogP contribution in [0.15, 0.2) is 0 Å². The van der Waals surface area contributed by atoms with E-state index in [4.69, 9.17) is 17.3 Å². The standard InChI is InChI=1S/C11H16ClN3.S5/c1-10(2)5-11(3,4)7-6(10)14-8(12)9(13)15-7;1-3-5-4-2/h5H2,1-4H3,(H2,13,15);. The Balaban J connectivity index is 0.000000347. The summed E-state index contributed by atoms with van der Waals surface area (Å²) in [5, 5.41) is 0.319. The zero-order valence-electron chi connectivity index (χ0n) is 11.6. The fourth-order valence-electron chi connectivity index (χ4n) is 2.66. The van der Waals surface area contributed by atoms with Crippen molar-refractivity contribution in [2.75, 3.05) is 5.73 Å². The number of nitrogens with zero attached hydrogens (tertiary/aromatic N) is 2. The molecule has 1 aromatic rings. The fourth-order valence-corrected chi connectivity index (χ4v) is 5.53. The fraction of sp³-hybridized carbons (Fsp3) is 0.636. The predicted octanol–water partition coefficient (Wildman–Crippen LogP) is 2.66. The second kappa shape index (κ2) is 7.02. The monoisotopic (exact) mass is 385 g/mol. The summed E-state index contributed by atoms with van der Waals surface area (Å²) < 4.78 is 0. The van der Waals surface area contributed by atoms with Gasteiger partial charge < -0.3 is 5.73 Å². The average molecular weight is 386 g/mol. The molecule has 0 spiro atoms. The topological polar surface area (TPSA) is 51.8 Å². The van der Waals surface area contributed by atoms with E-state index in [1.54, 1.807) is 0 Å². The Kier molecular flexibility index (Phi) is 6.43. The number of halogens is 1. The number of nitrogen functional groups attached to an aromatic ring is 1. The van der Waals surface area contributed by atoms with E-state index in [-0.39, 0.29) is 10.8 Å². The molecule has 2 N–H and O–H groups in total. The van der Waals surface area contributed by atoms with Gasteiger partial charge in [0, 0.05) is 59.8 Å². The van der Waals surface area contributed by atoms with E-state index in [9.17, 15) is 0 Å². The quantitative estimate of drug-likeness (QED) is 0.744. The lowest BCUT2D eigenvalue weighted by atomic mass is 9.83. The molecule has 20 heavy (non-hydrogen) atoms. The maximum absolute atomic E-state index is 5.91. The van der Waals surface area contributed by atoms with Gasteiger partial charge in [-0.25, -0.2) is 9.97 Å². The summed E-state index contributed by atoms with van der Waals surface area (Å²) in [6.45, 7) is 8.68. The number of aromatic nitrogens is 2. The molecular weight excluding hydrogens is 370 g/mol. The minimum atomic E-state index is 0.0309. The van der Waals surface area contributed by atoms with E-state index in [1.807, 2.05) is 0 Å². The highest BCUT2D eigenvalue weighted by molar-refractivity contribution is 8.59. The molecule has 1 aromatic heterocycles. The van der Waals surface area contributed by atoms with Gasteiger partial charge in [0.2, 0.25) is 0 Å². The number of anilines is 1. The highest BCUT2D eigenvalue weighted by Crippen LogP contribution is 2.48. The van der Waals surface area contributed by atoms with Crippen molar-refractivity contribution in [1.82, 2.24) is 9.97 Å². The van der Waals surface area contributed by atoms with Gasteiger partial charge in [-0.1, -0.05) is 39.3 Å². The van der Waals surface area contributed by atoms with Gasteiger partial charge in [-0.15, -0.1) is 0 Å². The normalized spacial score (nSPS) is 17.4. The Morgan fingerprint density at radius 2 is 1.50 bits per heavy atom. The summed E-state index contributed by atoms with van der Waals surface area (Å²) in [6, 6.07) is 0. The summed E-state index contributed by atoms with van der Waals surface area (Å²) in [6.07, 6.45) is 1.02. The number of fused-ring (bicyclic) bond motifs is 1. The summed E-state index contributed by atoms with van der Waals surface area (Å²) in [7, 11) is 3.95. The summed E-state index contributed by atoms with van der Waals surface area (Å²) in [4.78, 5) is 8.76. The van der Waals surface area contributed by atoms with Crippen LogP contribution in [0.1, 0.15) is 45.5 Å². The van der Waals surface area contributed by atoms with E-state index < -0.39 is 0 Å². The molecule has 1 aliphatic carbocycles. The van der Waals surface area contributed by atoms with Crippen molar-refractivity contribution in [3.05, 3.63) is 16.5 Å². The van der Waals surface area contributed by atoms with Crippen molar-refractivity contribution >= 4 is 66.4 Å². The van der Waals surface area contributed by atoms with Crippen molar-refractivity contribution in [3.8, 4) is 0 Å². The van der Waals surface area contributed by atoms with Crippen LogP contribution in [0.5, 0.6) is 0 Å². The predicted molar refractivity (Wildman–Crippen MR) is 98.9 cm³/mol. The van der Waals surface area contributed by atoms with Crippen molar-refractivity contribution < 1.29 is 0 Å². The zero-order chi connectivity index (χ0) is 15.6. The van der Waals surface area contributed by atoms with Crippen molar-refractivity contribution in [2.45, 2.75) is 44.9 Å². The summed E-state index contributed by atoms with van der Waals surface area (Å²) >= 11 is 14.8. The SMILES string of the molecule is CC1(C)CC(C)(C)c2nc(Cl)c(N)nc21.S=S=S=S=S. The van der Waals surface area contributed by atoms with Crippen molar-refractivity contribution in [2.24, 2.45) is 0 Å². The van der Waals surface area contributed by atoms with Crippen LogP contribution in [0.25, 0.3) is 0 Å². The van der Waals surface area contributed by atoms with Gasteiger partial charge in [0.05, 0.1) is 11.4 Å². The average Bonchev–Trinajstić information content (AvgIpc) is 2.48. The molecule has 2 rings (SSSR count). The second-order valence-electron chi connectivity index (χ2n) is 5.75. The minimum absolute atomic E-state index is 0.0309. The van der Waals surface area contributed by atoms with Gasteiger partial charge in [-0.05, 0) is 6.42 Å². The van der Waals surface area contributed by atoms with Gasteiger partial charge in [0.15, 0.2) is 11.0 Å². The maximum atomic E-state index is 5.91. The van der Waals surface area contributed by atoms with Gasteiger partial charge in [-0.3, -0.25) is 0 Å². The first-order valence-corrected chi connectivity index (χ1v) is 11.5. The molecule has 1 aliphatic rings. The minimum Gasteiger partial charge on any atom is -0.381 e. The van der Waals surface area contributed by atoms with Crippen LogP contribution in [-0.2, 0) is 59.8 Å². The van der Waals surface area contributed by atoms with E-state index in [1.165, 1.54) is 26.6 Å². The summed E-state index contributed by atoms with van der Waals surface area (Å²) in [5.74, 6) is 0.334. The third kappa shape index (κ3) is 4.14. The molecule has 0 aromatic carbocycles.